The maximum atomic E-state index is 5.50. The van der Waals surface area contributed by atoms with Gasteiger partial charge in [0.1, 0.15) is 0 Å². The summed E-state index contributed by atoms with van der Waals surface area (Å²) in [7, 11) is 0. The molecule has 0 aromatic heterocycles. The molecule has 0 amide bonds. The zero-order valence-electron chi connectivity index (χ0n) is 13.7. The van der Waals surface area contributed by atoms with Crippen molar-refractivity contribution in [3.05, 3.63) is 65.2 Å². The normalized spacial score (nSPS) is 12.0. The van der Waals surface area contributed by atoms with Crippen LogP contribution < -0.4 is 10.6 Å². The summed E-state index contributed by atoms with van der Waals surface area (Å²) in [5.41, 5.74) is 4.84. The van der Waals surface area contributed by atoms with Gasteiger partial charge in [0.05, 0.1) is 6.04 Å². The molecule has 2 N–H and O–H groups in total. The van der Waals surface area contributed by atoms with Gasteiger partial charge >= 0.3 is 0 Å². The number of rotatable bonds is 4. The van der Waals surface area contributed by atoms with Crippen molar-refractivity contribution >= 4 is 23.0 Å². The lowest BCUT2D eigenvalue weighted by molar-refractivity contribution is 0.722. The van der Waals surface area contributed by atoms with Crippen LogP contribution in [0.25, 0.3) is 0 Å². The summed E-state index contributed by atoms with van der Waals surface area (Å²) in [6.07, 6.45) is 0. The molecule has 1 atom stereocenters. The Kier molecular flexibility index (Phi) is 5.56. The summed E-state index contributed by atoms with van der Waals surface area (Å²) >= 11 is 5.50. The van der Waals surface area contributed by atoms with E-state index in [0.717, 1.165) is 5.69 Å². The molecule has 0 aliphatic heterocycles. The molecule has 0 radical (unpaired) electrons. The minimum absolute atomic E-state index is 0.174. The second-order valence-corrected chi connectivity index (χ2v) is 6.33. The maximum Gasteiger partial charge on any atom is 0.171 e. The average Bonchev–Trinajstić information content (AvgIpc) is 2.49. The van der Waals surface area contributed by atoms with Crippen LogP contribution in [0.4, 0.5) is 5.69 Å². The van der Waals surface area contributed by atoms with Crippen molar-refractivity contribution in [2.45, 2.75) is 39.7 Å². The van der Waals surface area contributed by atoms with Gasteiger partial charge in [-0.05, 0) is 48.7 Å². The van der Waals surface area contributed by atoms with E-state index in [4.69, 9.17) is 12.2 Å². The molecule has 0 saturated carbocycles. The van der Waals surface area contributed by atoms with Crippen molar-refractivity contribution in [1.82, 2.24) is 5.32 Å². The highest BCUT2D eigenvalue weighted by molar-refractivity contribution is 7.80. The van der Waals surface area contributed by atoms with Crippen molar-refractivity contribution in [2.24, 2.45) is 0 Å². The summed E-state index contributed by atoms with van der Waals surface area (Å²) in [6, 6.07) is 16.9. The molecule has 3 heteroatoms. The Hall–Kier alpha value is -1.87. The molecule has 2 aromatic rings. The van der Waals surface area contributed by atoms with E-state index in [9.17, 15) is 0 Å². The van der Waals surface area contributed by atoms with Gasteiger partial charge in [-0.1, -0.05) is 62.4 Å². The fraction of sp³-hybridized carbons (Fsp3) is 0.316. The lowest BCUT2D eigenvalue weighted by Crippen LogP contribution is -2.31. The van der Waals surface area contributed by atoms with Crippen molar-refractivity contribution in [3.8, 4) is 0 Å². The average molecular weight is 312 g/mol. The van der Waals surface area contributed by atoms with E-state index in [-0.39, 0.29) is 6.04 Å². The van der Waals surface area contributed by atoms with Gasteiger partial charge in [0.25, 0.3) is 0 Å². The Balaban J connectivity index is 2.10. The van der Waals surface area contributed by atoms with Gasteiger partial charge in [-0.15, -0.1) is 0 Å². The molecule has 0 heterocycles. The minimum atomic E-state index is 0.174. The Morgan fingerprint density at radius 3 is 2.27 bits per heavy atom. The van der Waals surface area contributed by atoms with Gasteiger partial charge in [0.15, 0.2) is 5.11 Å². The molecular weight excluding hydrogens is 288 g/mol. The predicted molar refractivity (Wildman–Crippen MR) is 99.5 cm³/mol. The van der Waals surface area contributed by atoms with Crippen molar-refractivity contribution in [3.63, 3.8) is 0 Å². The summed E-state index contributed by atoms with van der Waals surface area (Å²) in [5, 5.41) is 7.40. The Bertz CT molecular complexity index is 635. The summed E-state index contributed by atoms with van der Waals surface area (Å²) in [6.45, 7) is 8.62. The van der Waals surface area contributed by atoms with Crippen LogP contribution in [0.5, 0.6) is 0 Å². The van der Waals surface area contributed by atoms with E-state index in [1.165, 1.54) is 16.7 Å². The largest absolute Gasteiger partial charge is 0.356 e. The zero-order chi connectivity index (χ0) is 16.1. The third-order valence-electron chi connectivity index (χ3n) is 3.81. The van der Waals surface area contributed by atoms with Crippen LogP contribution in [0.1, 0.15) is 49.4 Å². The van der Waals surface area contributed by atoms with E-state index < -0.39 is 0 Å². The first-order valence-corrected chi connectivity index (χ1v) is 8.12. The quantitative estimate of drug-likeness (QED) is 0.762. The molecule has 0 unspecified atom stereocenters. The van der Waals surface area contributed by atoms with Crippen LogP contribution >= 0.6 is 12.2 Å². The number of thiocarbonyl (C=S) groups is 1. The zero-order valence-corrected chi connectivity index (χ0v) is 14.5. The van der Waals surface area contributed by atoms with Gasteiger partial charge in [-0.3, -0.25) is 0 Å². The standard InChI is InChI=1S/C19H24N2S/c1-13(2)17-12-8-9-14(3)18(17)21-19(22)20-15(4)16-10-6-5-7-11-16/h5-13,15H,1-4H3,(H2,20,21,22)/t15-/m1/s1. The molecule has 0 aliphatic rings. The van der Waals surface area contributed by atoms with Crippen LogP contribution in [0.3, 0.4) is 0 Å². The lowest BCUT2D eigenvalue weighted by atomic mass is 9.98. The van der Waals surface area contributed by atoms with Gasteiger partial charge in [-0.2, -0.15) is 0 Å². The molecule has 0 saturated heterocycles. The summed E-state index contributed by atoms with van der Waals surface area (Å²) in [5.74, 6) is 0.455. The number of aryl methyl sites for hydroxylation is 1. The molecule has 2 aromatic carbocycles. The molecule has 116 valence electrons. The molecule has 0 aliphatic carbocycles. The van der Waals surface area contributed by atoms with E-state index in [1.54, 1.807) is 0 Å². The van der Waals surface area contributed by atoms with Crippen LogP contribution in [0.15, 0.2) is 48.5 Å². The van der Waals surface area contributed by atoms with E-state index in [2.05, 4.69) is 68.7 Å². The number of nitrogens with one attached hydrogen (secondary N) is 2. The van der Waals surface area contributed by atoms with Crippen LogP contribution in [-0.4, -0.2) is 5.11 Å². The smallest absolute Gasteiger partial charge is 0.171 e. The van der Waals surface area contributed by atoms with Gasteiger partial charge < -0.3 is 10.6 Å². The lowest BCUT2D eigenvalue weighted by Gasteiger charge is -2.21. The highest BCUT2D eigenvalue weighted by Gasteiger charge is 2.12. The topological polar surface area (TPSA) is 24.1 Å². The number of hydrogen-bond donors (Lipinski definition) is 2. The molecular formula is C19H24N2S. The van der Waals surface area contributed by atoms with Crippen LogP contribution in [0.2, 0.25) is 0 Å². The van der Waals surface area contributed by atoms with Crippen molar-refractivity contribution in [2.75, 3.05) is 5.32 Å². The molecule has 0 spiro atoms. The van der Waals surface area contributed by atoms with E-state index in [1.807, 2.05) is 18.2 Å². The van der Waals surface area contributed by atoms with Gasteiger partial charge in [-0.25, -0.2) is 0 Å². The first kappa shape index (κ1) is 16.5. The van der Waals surface area contributed by atoms with Gasteiger partial charge in [0, 0.05) is 5.69 Å². The highest BCUT2D eigenvalue weighted by Crippen LogP contribution is 2.27. The first-order valence-electron chi connectivity index (χ1n) is 7.71. The number of benzene rings is 2. The van der Waals surface area contributed by atoms with E-state index >= 15 is 0 Å². The van der Waals surface area contributed by atoms with E-state index in [0.29, 0.717) is 11.0 Å². The molecule has 2 rings (SSSR count). The number of para-hydroxylation sites is 1. The fourth-order valence-electron chi connectivity index (χ4n) is 2.51. The second-order valence-electron chi connectivity index (χ2n) is 5.92. The summed E-state index contributed by atoms with van der Waals surface area (Å²) < 4.78 is 0. The maximum absolute atomic E-state index is 5.50. The highest BCUT2D eigenvalue weighted by atomic mass is 32.1. The SMILES string of the molecule is Cc1cccc(C(C)C)c1NC(=S)N[C@H](C)c1ccccc1. The molecule has 0 bridgehead atoms. The minimum Gasteiger partial charge on any atom is -0.356 e. The Morgan fingerprint density at radius 2 is 1.64 bits per heavy atom. The van der Waals surface area contributed by atoms with Crippen LogP contribution in [0, 0.1) is 6.92 Å². The third-order valence-corrected chi connectivity index (χ3v) is 4.03. The molecule has 22 heavy (non-hydrogen) atoms. The Labute approximate surface area is 139 Å². The van der Waals surface area contributed by atoms with Crippen LogP contribution in [-0.2, 0) is 0 Å². The second kappa shape index (κ2) is 7.41. The Morgan fingerprint density at radius 1 is 0.955 bits per heavy atom. The third kappa shape index (κ3) is 4.08. The predicted octanol–water partition coefficient (Wildman–Crippen LogP) is 5.17. The van der Waals surface area contributed by atoms with Crippen molar-refractivity contribution in [1.29, 1.82) is 0 Å². The monoisotopic (exact) mass is 312 g/mol. The number of anilines is 1. The summed E-state index contributed by atoms with van der Waals surface area (Å²) in [4.78, 5) is 0. The first-order chi connectivity index (χ1) is 10.5. The van der Waals surface area contributed by atoms with Gasteiger partial charge in [0.2, 0.25) is 0 Å². The molecule has 2 nitrogen and oxygen atoms in total. The van der Waals surface area contributed by atoms with Crippen molar-refractivity contribution < 1.29 is 0 Å². The molecule has 0 fully saturated rings. The fourth-order valence-corrected chi connectivity index (χ4v) is 2.79. The number of hydrogen-bond acceptors (Lipinski definition) is 1.